The van der Waals surface area contributed by atoms with E-state index in [9.17, 15) is 8.42 Å². The van der Waals surface area contributed by atoms with Crippen LogP contribution in [-0.2, 0) is 10.0 Å². The number of nitrogens with zero attached hydrogens (tertiary/aromatic N) is 1. The number of fused-ring (bicyclic) bond motifs is 1. The highest BCUT2D eigenvalue weighted by Crippen LogP contribution is 2.36. The quantitative estimate of drug-likeness (QED) is 0.642. The lowest BCUT2D eigenvalue weighted by molar-refractivity contribution is 0.493. The molecule has 1 heterocycles. The fourth-order valence-corrected chi connectivity index (χ4v) is 3.33. The molecule has 13 heavy (non-hydrogen) atoms. The first-order valence-electron chi connectivity index (χ1n) is 4.77. The Balaban J connectivity index is 2.30. The first-order chi connectivity index (χ1) is 6.09. The third-order valence-electron chi connectivity index (χ3n) is 2.90. The first kappa shape index (κ1) is 9.06. The summed E-state index contributed by atoms with van der Waals surface area (Å²) in [5, 5.41) is 0. The van der Waals surface area contributed by atoms with Crippen LogP contribution in [0.3, 0.4) is 0 Å². The van der Waals surface area contributed by atoms with E-state index in [0.29, 0.717) is 12.5 Å². The van der Waals surface area contributed by atoms with E-state index < -0.39 is 10.0 Å². The van der Waals surface area contributed by atoms with Gasteiger partial charge in [-0.1, -0.05) is 6.08 Å². The average molecular weight is 201 g/mol. The van der Waals surface area contributed by atoms with Crippen LogP contribution < -0.4 is 0 Å². The molecule has 1 saturated heterocycles. The Hall–Kier alpha value is -0.510. The van der Waals surface area contributed by atoms with E-state index >= 15 is 0 Å². The van der Waals surface area contributed by atoms with E-state index in [1.807, 2.05) is 0 Å². The maximum atomic E-state index is 11.4. The second kappa shape index (κ2) is 3.01. The predicted octanol–water partition coefficient (Wildman–Crippen LogP) is 1.34. The van der Waals surface area contributed by atoms with E-state index in [-0.39, 0.29) is 0 Å². The Morgan fingerprint density at radius 2 is 2.23 bits per heavy atom. The van der Waals surface area contributed by atoms with Gasteiger partial charge in [0.15, 0.2) is 0 Å². The van der Waals surface area contributed by atoms with E-state index in [1.54, 1.807) is 4.31 Å². The van der Waals surface area contributed by atoms with Crippen LogP contribution in [0.1, 0.15) is 25.7 Å². The summed E-state index contributed by atoms with van der Waals surface area (Å²) in [6.45, 7) is 0.690. The molecule has 3 nitrogen and oxygen atoms in total. The second-order valence-electron chi connectivity index (χ2n) is 3.88. The summed E-state index contributed by atoms with van der Waals surface area (Å²) in [6, 6.07) is 0. The van der Waals surface area contributed by atoms with Crippen molar-refractivity contribution in [2.24, 2.45) is 5.92 Å². The summed E-state index contributed by atoms with van der Waals surface area (Å²) in [5.41, 5.74) is 1.06. The maximum absolute atomic E-state index is 11.4. The predicted molar refractivity (Wildman–Crippen MR) is 51.6 cm³/mol. The van der Waals surface area contributed by atoms with E-state index in [1.165, 1.54) is 12.7 Å². The molecule has 0 radical (unpaired) electrons. The third kappa shape index (κ3) is 1.59. The molecule has 0 aromatic heterocycles. The van der Waals surface area contributed by atoms with E-state index in [2.05, 4.69) is 6.08 Å². The molecule has 1 fully saturated rings. The molecule has 0 spiro atoms. The number of hydrogen-bond acceptors (Lipinski definition) is 2. The lowest BCUT2D eigenvalue weighted by atomic mass is 9.93. The van der Waals surface area contributed by atoms with Gasteiger partial charge in [-0.3, -0.25) is 4.31 Å². The largest absolute Gasteiger partial charge is 0.274 e. The van der Waals surface area contributed by atoms with Crippen molar-refractivity contribution in [3.8, 4) is 0 Å². The molecular weight excluding hydrogens is 186 g/mol. The lowest BCUT2D eigenvalue weighted by Crippen LogP contribution is -2.26. The van der Waals surface area contributed by atoms with Gasteiger partial charge >= 0.3 is 0 Å². The zero-order valence-electron chi connectivity index (χ0n) is 7.86. The Morgan fingerprint density at radius 1 is 1.46 bits per heavy atom. The van der Waals surface area contributed by atoms with Crippen molar-refractivity contribution in [3.63, 3.8) is 0 Å². The van der Waals surface area contributed by atoms with Gasteiger partial charge in [-0.2, -0.15) is 0 Å². The first-order valence-corrected chi connectivity index (χ1v) is 6.61. The number of allylic oxidation sites excluding steroid dienone is 2. The zero-order valence-corrected chi connectivity index (χ0v) is 8.68. The number of sulfonamides is 1. The Bertz CT molecular complexity index is 332. The van der Waals surface area contributed by atoms with Crippen LogP contribution in [0.4, 0.5) is 0 Å². The minimum absolute atomic E-state index is 0.517. The zero-order chi connectivity index (χ0) is 9.47. The van der Waals surface area contributed by atoms with Gasteiger partial charge in [0.2, 0.25) is 10.0 Å². The van der Waals surface area contributed by atoms with Crippen LogP contribution in [-0.4, -0.2) is 25.5 Å². The van der Waals surface area contributed by atoms with Crippen LogP contribution in [0, 0.1) is 5.92 Å². The molecular formula is C9H15NO2S. The minimum atomic E-state index is -3.01. The third-order valence-corrected chi connectivity index (χ3v) is 4.09. The standard InChI is InChI=1S/C9H15NO2S/c1-13(11,12)10-7-6-8-4-2-3-5-9(8)10/h5,8H,2-4,6-7H2,1H3. The molecule has 74 valence electrons. The van der Waals surface area contributed by atoms with Crippen molar-refractivity contribution < 1.29 is 8.42 Å². The summed E-state index contributed by atoms with van der Waals surface area (Å²) in [6.07, 6.45) is 7.83. The van der Waals surface area contributed by atoms with Crippen molar-refractivity contribution in [1.82, 2.24) is 4.31 Å². The monoisotopic (exact) mass is 201 g/mol. The highest BCUT2D eigenvalue weighted by Gasteiger charge is 2.33. The molecule has 0 amide bonds. The molecule has 2 rings (SSSR count). The summed E-state index contributed by atoms with van der Waals surface area (Å²) in [4.78, 5) is 0. The van der Waals surface area contributed by atoms with Gasteiger partial charge in [0.05, 0.1) is 6.26 Å². The summed E-state index contributed by atoms with van der Waals surface area (Å²) < 4.78 is 24.3. The molecule has 0 aromatic carbocycles. The van der Waals surface area contributed by atoms with Crippen LogP contribution in [0.15, 0.2) is 11.8 Å². The van der Waals surface area contributed by atoms with Crippen molar-refractivity contribution >= 4 is 10.0 Å². The van der Waals surface area contributed by atoms with Crippen LogP contribution in [0.25, 0.3) is 0 Å². The molecule has 2 aliphatic rings. The molecule has 1 unspecified atom stereocenters. The molecule has 1 aliphatic carbocycles. The molecule has 4 heteroatoms. The number of rotatable bonds is 1. The average Bonchev–Trinajstić information content (AvgIpc) is 2.45. The smallest absolute Gasteiger partial charge is 0.231 e. The van der Waals surface area contributed by atoms with Crippen molar-refractivity contribution in [2.45, 2.75) is 25.7 Å². The van der Waals surface area contributed by atoms with Crippen LogP contribution >= 0.6 is 0 Å². The Morgan fingerprint density at radius 3 is 2.92 bits per heavy atom. The minimum Gasteiger partial charge on any atom is -0.274 e. The Labute approximate surface area is 79.5 Å². The maximum Gasteiger partial charge on any atom is 0.231 e. The van der Waals surface area contributed by atoms with Gasteiger partial charge in [0.25, 0.3) is 0 Å². The van der Waals surface area contributed by atoms with Gasteiger partial charge in [0, 0.05) is 18.2 Å². The summed E-state index contributed by atoms with van der Waals surface area (Å²) in [5.74, 6) is 0.517. The van der Waals surface area contributed by atoms with Gasteiger partial charge < -0.3 is 0 Å². The lowest BCUT2D eigenvalue weighted by Gasteiger charge is -2.23. The van der Waals surface area contributed by atoms with Crippen molar-refractivity contribution in [2.75, 3.05) is 12.8 Å². The van der Waals surface area contributed by atoms with E-state index in [4.69, 9.17) is 0 Å². The molecule has 0 saturated carbocycles. The normalized spacial score (nSPS) is 28.5. The van der Waals surface area contributed by atoms with Crippen molar-refractivity contribution in [1.29, 1.82) is 0 Å². The SMILES string of the molecule is CS(=O)(=O)N1CCC2CCCC=C21. The molecule has 1 aliphatic heterocycles. The highest BCUT2D eigenvalue weighted by atomic mass is 32.2. The molecule has 0 aromatic rings. The fourth-order valence-electron chi connectivity index (χ4n) is 2.29. The van der Waals surface area contributed by atoms with Gasteiger partial charge in [0.1, 0.15) is 0 Å². The molecule has 0 bridgehead atoms. The van der Waals surface area contributed by atoms with Gasteiger partial charge in [-0.15, -0.1) is 0 Å². The fraction of sp³-hybridized carbons (Fsp3) is 0.778. The topological polar surface area (TPSA) is 37.4 Å². The summed E-state index contributed by atoms with van der Waals surface area (Å²) >= 11 is 0. The Kier molecular flexibility index (Phi) is 2.10. The summed E-state index contributed by atoms with van der Waals surface area (Å²) in [7, 11) is -3.01. The van der Waals surface area contributed by atoms with Gasteiger partial charge in [-0.05, 0) is 25.7 Å². The van der Waals surface area contributed by atoms with Crippen LogP contribution in [0.5, 0.6) is 0 Å². The molecule has 0 N–H and O–H groups in total. The van der Waals surface area contributed by atoms with Crippen LogP contribution in [0.2, 0.25) is 0 Å². The van der Waals surface area contributed by atoms with E-state index in [0.717, 1.165) is 25.0 Å². The van der Waals surface area contributed by atoms with Gasteiger partial charge in [-0.25, -0.2) is 8.42 Å². The van der Waals surface area contributed by atoms with Crippen molar-refractivity contribution in [3.05, 3.63) is 11.8 Å². The number of hydrogen-bond donors (Lipinski definition) is 0. The molecule has 1 atom stereocenters. The highest BCUT2D eigenvalue weighted by molar-refractivity contribution is 7.88. The second-order valence-corrected chi connectivity index (χ2v) is 5.79.